The SMILES string of the molecule is COC1CCC(NC(=O)C2(C(N)=NO)CCC2)C1. The molecule has 2 saturated carbocycles. The molecule has 18 heavy (non-hydrogen) atoms. The van der Waals surface area contributed by atoms with Crippen LogP contribution in [0.25, 0.3) is 0 Å². The van der Waals surface area contributed by atoms with Crippen LogP contribution in [0.5, 0.6) is 0 Å². The second-order valence-corrected chi connectivity index (χ2v) is 5.26. The molecule has 0 aromatic rings. The maximum absolute atomic E-state index is 12.3. The lowest BCUT2D eigenvalue weighted by Crippen LogP contribution is -2.55. The molecule has 6 nitrogen and oxygen atoms in total. The van der Waals surface area contributed by atoms with Crippen molar-refractivity contribution in [3.63, 3.8) is 0 Å². The minimum absolute atomic E-state index is 0.0348. The number of amidine groups is 1. The number of nitrogens with one attached hydrogen (secondary N) is 1. The molecule has 1 amide bonds. The first-order chi connectivity index (χ1) is 8.62. The van der Waals surface area contributed by atoms with Gasteiger partial charge < -0.3 is 21.0 Å². The number of methoxy groups -OCH3 is 1. The predicted octanol–water partition coefficient (Wildman–Crippen LogP) is 0.587. The fourth-order valence-corrected chi connectivity index (χ4v) is 2.83. The molecule has 0 radical (unpaired) electrons. The lowest BCUT2D eigenvalue weighted by molar-refractivity contribution is -0.131. The summed E-state index contributed by atoms with van der Waals surface area (Å²) in [5, 5.41) is 14.8. The van der Waals surface area contributed by atoms with E-state index in [0.29, 0.717) is 12.8 Å². The Bertz CT molecular complexity index is 352. The Kier molecular flexibility index (Phi) is 3.75. The van der Waals surface area contributed by atoms with E-state index < -0.39 is 5.41 Å². The van der Waals surface area contributed by atoms with E-state index in [0.717, 1.165) is 25.7 Å². The molecule has 0 aromatic heterocycles. The molecule has 4 N–H and O–H groups in total. The van der Waals surface area contributed by atoms with Crippen LogP contribution in [0.3, 0.4) is 0 Å². The molecule has 2 aliphatic rings. The highest BCUT2D eigenvalue weighted by Crippen LogP contribution is 2.41. The summed E-state index contributed by atoms with van der Waals surface area (Å²) in [5.74, 6) is -0.0710. The van der Waals surface area contributed by atoms with E-state index in [4.69, 9.17) is 15.7 Å². The van der Waals surface area contributed by atoms with Gasteiger partial charge in [0.2, 0.25) is 5.91 Å². The molecule has 0 saturated heterocycles. The van der Waals surface area contributed by atoms with Crippen LogP contribution in [0.15, 0.2) is 5.16 Å². The van der Waals surface area contributed by atoms with Crippen LogP contribution in [0, 0.1) is 5.41 Å². The van der Waals surface area contributed by atoms with Gasteiger partial charge in [-0.3, -0.25) is 4.79 Å². The molecule has 2 atom stereocenters. The van der Waals surface area contributed by atoms with Gasteiger partial charge in [-0.15, -0.1) is 0 Å². The second-order valence-electron chi connectivity index (χ2n) is 5.26. The normalized spacial score (nSPS) is 30.8. The Morgan fingerprint density at radius 1 is 1.50 bits per heavy atom. The van der Waals surface area contributed by atoms with Crippen LogP contribution in [0.4, 0.5) is 0 Å². The maximum Gasteiger partial charge on any atom is 0.234 e. The second kappa shape index (κ2) is 5.14. The number of rotatable bonds is 4. The highest BCUT2D eigenvalue weighted by Gasteiger charge is 2.49. The fourth-order valence-electron chi connectivity index (χ4n) is 2.83. The molecule has 0 bridgehead atoms. The van der Waals surface area contributed by atoms with E-state index in [2.05, 4.69) is 10.5 Å². The van der Waals surface area contributed by atoms with E-state index in [9.17, 15) is 4.79 Å². The number of carbonyl (C=O) groups excluding carboxylic acids is 1. The Morgan fingerprint density at radius 2 is 2.22 bits per heavy atom. The molecule has 0 heterocycles. The summed E-state index contributed by atoms with van der Waals surface area (Å²) < 4.78 is 5.28. The molecule has 2 rings (SSSR count). The molecule has 2 unspecified atom stereocenters. The van der Waals surface area contributed by atoms with E-state index in [-0.39, 0.29) is 23.9 Å². The van der Waals surface area contributed by atoms with Crippen molar-refractivity contribution < 1.29 is 14.7 Å². The average Bonchev–Trinajstić information content (AvgIpc) is 2.75. The highest BCUT2D eigenvalue weighted by molar-refractivity contribution is 6.07. The molecular formula is C12H21N3O3. The average molecular weight is 255 g/mol. The first kappa shape index (κ1) is 13.1. The quantitative estimate of drug-likeness (QED) is 0.296. The molecular weight excluding hydrogens is 234 g/mol. The Morgan fingerprint density at radius 3 is 2.67 bits per heavy atom. The third kappa shape index (κ3) is 2.16. The van der Waals surface area contributed by atoms with Crippen molar-refractivity contribution in [3.05, 3.63) is 0 Å². The number of hydrogen-bond acceptors (Lipinski definition) is 4. The van der Waals surface area contributed by atoms with Crippen LogP contribution in [0.2, 0.25) is 0 Å². The van der Waals surface area contributed by atoms with Crippen molar-refractivity contribution in [2.45, 2.75) is 50.7 Å². The largest absolute Gasteiger partial charge is 0.409 e. The molecule has 2 aliphatic carbocycles. The van der Waals surface area contributed by atoms with Crippen molar-refractivity contribution in [1.29, 1.82) is 0 Å². The summed E-state index contributed by atoms with van der Waals surface area (Å²) in [4.78, 5) is 12.3. The van der Waals surface area contributed by atoms with E-state index in [1.807, 2.05) is 0 Å². The van der Waals surface area contributed by atoms with Gasteiger partial charge in [0, 0.05) is 13.2 Å². The van der Waals surface area contributed by atoms with Crippen LogP contribution >= 0.6 is 0 Å². The Hall–Kier alpha value is -1.30. The number of hydrogen-bond donors (Lipinski definition) is 3. The number of amides is 1. The molecule has 2 fully saturated rings. The van der Waals surface area contributed by atoms with Gasteiger partial charge in [-0.2, -0.15) is 0 Å². The lowest BCUT2D eigenvalue weighted by atomic mass is 9.67. The van der Waals surface area contributed by atoms with Gasteiger partial charge in [-0.25, -0.2) is 0 Å². The zero-order valence-corrected chi connectivity index (χ0v) is 10.7. The fraction of sp³-hybridized carbons (Fsp3) is 0.833. The topological polar surface area (TPSA) is 96.9 Å². The number of ether oxygens (including phenoxy) is 1. The standard InChI is InChI=1S/C12H21N3O3/c1-18-9-4-3-8(7-9)14-11(16)12(5-2-6-12)10(13)15-17/h8-9,17H,2-7H2,1H3,(H2,13,15)(H,14,16). The number of carbonyl (C=O) groups is 1. The van der Waals surface area contributed by atoms with E-state index >= 15 is 0 Å². The zero-order chi connectivity index (χ0) is 13.2. The van der Waals surface area contributed by atoms with Gasteiger partial charge in [-0.05, 0) is 32.1 Å². The van der Waals surface area contributed by atoms with Crippen LogP contribution in [-0.2, 0) is 9.53 Å². The zero-order valence-electron chi connectivity index (χ0n) is 10.7. The Balaban J connectivity index is 1.95. The van der Waals surface area contributed by atoms with Gasteiger partial charge in [0.1, 0.15) is 5.41 Å². The number of oxime groups is 1. The van der Waals surface area contributed by atoms with Crippen LogP contribution < -0.4 is 11.1 Å². The number of nitrogens with two attached hydrogens (primary N) is 1. The van der Waals surface area contributed by atoms with Gasteiger partial charge in [-0.1, -0.05) is 11.6 Å². The van der Waals surface area contributed by atoms with Crippen molar-refractivity contribution in [2.24, 2.45) is 16.3 Å². The minimum atomic E-state index is -0.778. The smallest absolute Gasteiger partial charge is 0.234 e. The maximum atomic E-state index is 12.3. The first-order valence-electron chi connectivity index (χ1n) is 6.44. The minimum Gasteiger partial charge on any atom is -0.409 e. The third-order valence-corrected chi connectivity index (χ3v) is 4.29. The van der Waals surface area contributed by atoms with Gasteiger partial charge in [0.25, 0.3) is 0 Å². The van der Waals surface area contributed by atoms with E-state index in [1.165, 1.54) is 0 Å². The van der Waals surface area contributed by atoms with Gasteiger partial charge >= 0.3 is 0 Å². The highest BCUT2D eigenvalue weighted by atomic mass is 16.5. The lowest BCUT2D eigenvalue weighted by Gasteiger charge is -2.39. The summed E-state index contributed by atoms with van der Waals surface area (Å²) in [6.45, 7) is 0. The monoisotopic (exact) mass is 255 g/mol. The summed E-state index contributed by atoms with van der Waals surface area (Å²) in [6.07, 6.45) is 5.24. The molecule has 6 heteroatoms. The summed E-state index contributed by atoms with van der Waals surface area (Å²) in [5.41, 5.74) is 4.88. The summed E-state index contributed by atoms with van der Waals surface area (Å²) >= 11 is 0. The molecule has 0 aliphatic heterocycles. The van der Waals surface area contributed by atoms with Crippen molar-refractivity contribution in [1.82, 2.24) is 5.32 Å². The number of nitrogens with zero attached hydrogens (tertiary/aromatic N) is 1. The van der Waals surface area contributed by atoms with Crippen LogP contribution in [-0.4, -0.2) is 36.2 Å². The van der Waals surface area contributed by atoms with Crippen LogP contribution in [0.1, 0.15) is 38.5 Å². The molecule has 0 aromatic carbocycles. The Labute approximate surface area is 107 Å². The summed E-state index contributed by atoms with van der Waals surface area (Å²) in [7, 11) is 1.69. The summed E-state index contributed by atoms with van der Waals surface area (Å²) in [6, 6.07) is 0.145. The van der Waals surface area contributed by atoms with Crippen molar-refractivity contribution >= 4 is 11.7 Å². The molecule has 102 valence electrons. The van der Waals surface area contributed by atoms with Crippen molar-refractivity contribution in [2.75, 3.05) is 7.11 Å². The third-order valence-electron chi connectivity index (χ3n) is 4.29. The van der Waals surface area contributed by atoms with Gasteiger partial charge in [0.05, 0.1) is 6.10 Å². The van der Waals surface area contributed by atoms with Gasteiger partial charge in [0.15, 0.2) is 5.84 Å². The molecule has 0 spiro atoms. The van der Waals surface area contributed by atoms with Crippen molar-refractivity contribution in [3.8, 4) is 0 Å². The first-order valence-corrected chi connectivity index (χ1v) is 6.44. The van der Waals surface area contributed by atoms with E-state index in [1.54, 1.807) is 7.11 Å². The predicted molar refractivity (Wildman–Crippen MR) is 66.3 cm³/mol.